The van der Waals surface area contributed by atoms with E-state index in [0.29, 0.717) is 33.8 Å². The lowest BCUT2D eigenvalue weighted by Crippen LogP contribution is -2.51. The maximum atomic E-state index is 15.6. The zero-order valence-electron chi connectivity index (χ0n) is 29.5. The average molecular weight is 695 g/mol. The third-order valence-electron chi connectivity index (χ3n) is 10.0. The maximum Gasteiger partial charge on any atom is 0.244 e. The Kier molecular flexibility index (Phi) is 8.68. The van der Waals surface area contributed by atoms with Crippen LogP contribution in [0.4, 0.5) is 17.1 Å². The molecule has 0 spiro atoms. The highest BCUT2D eigenvalue weighted by molar-refractivity contribution is 6.20. The van der Waals surface area contributed by atoms with Crippen LogP contribution in [0.1, 0.15) is 32.6 Å². The number of aromatic nitrogens is 1. The number of para-hydroxylation sites is 2. The maximum absolute atomic E-state index is 15.6. The van der Waals surface area contributed by atoms with Gasteiger partial charge in [0.1, 0.15) is 6.54 Å². The Balaban J connectivity index is 1.38. The number of ketones is 1. The van der Waals surface area contributed by atoms with Crippen LogP contribution in [0.5, 0.6) is 0 Å². The Morgan fingerprint density at radius 2 is 1.11 bits per heavy atom. The lowest BCUT2D eigenvalue weighted by atomic mass is 9.76. The third kappa shape index (κ3) is 5.96. The Labute approximate surface area is 308 Å². The largest absolute Gasteiger partial charge is 0.341 e. The average Bonchev–Trinajstić information content (AvgIpc) is 3.63. The minimum atomic E-state index is -1.49. The highest BCUT2D eigenvalue weighted by Crippen LogP contribution is 2.54. The van der Waals surface area contributed by atoms with E-state index in [1.54, 1.807) is 0 Å². The summed E-state index contributed by atoms with van der Waals surface area (Å²) >= 11 is 0. The number of rotatable bonds is 9. The molecule has 7 aromatic rings. The summed E-state index contributed by atoms with van der Waals surface area (Å²) in [5.41, 5.74) is 7.03. The van der Waals surface area contributed by atoms with Crippen LogP contribution < -0.4 is 15.5 Å². The number of carbonyl (C=O) groups is 3. The Morgan fingerprint density at radius 3 is 1.75 bits per heavy atom. The summed E-state index contributed by atoms with van der Waals surface area (Å²) in [6, 6.07) is 50.4. The number of hydrogen-bond donors (Lipinski definition) is 2. The van der Waals surface area contributed by atoms with Crippen molar-refractivity contribution in [3.8, 4) is 11.3 Å². The van der Waals surface area contributed by atoms with Crippen LogP contribution in [0, 0.1) is 13.8 Å². The standard InChI is InChI=1S/C46H38N4O3/c1-31-21-25-35(26-22-31)47-41(51)29-49-39-19-11-9-17-37(39)43(44(49)33-13-5-3-6-14-33)46(34-15-7-4-8-16-34)45(53)38-18-10-12-20-40(38)50(46)30-42(52)48-36-27-23-32(2)24-28-36/h3-28H,29-30H2,1-2H3,(H,47,51)(H,48,52). The Morgan fingerprint density at radius 1 is 0.585 bits per heavy atom. The van der Waals surface area contributed by atoms with Gasteiger partial charge in [0, 0.05) is 39.1 Å². The Hall–Kier alpha value is -6.73. The van der Waals surface area contributed by atoms with Gasteiger partial charge < -0.3 is 20.1 Å². The molecule has 0 bridgehead atoms. The lowest BCUT2D eigenvalue weighted by Gasteiger charge is -2.40. The van der Waals surface area contributed by atoms with Gasteiger partial charge in [-0.15, -0.1) is 0 Å². The van der Waals surface area contributed by atoms with E-state index in [0.717, 1.165) is 33.3 Å². The first-order chi connectivity index (χ1) is 25.8. The molecular formula is C46H38N4O3. The minimum absolute atomic E-state index is 0.0153. The zero-order chi connectivity index (χ0) is 36.5. The van der Waals surface area contributed by atoms with Gasteiger partial charge in [0.15, 0.2) is 11.3 Å². The second-order valence-corrected chi connectivity index (χ2v) is 13.5. The van der Waals surface area contributed by atoms with Gasteiger partial charge in [-0.05, 0) is 67.4 Å². The van der Waals surface area contributed by atoms with Gasteiger partial charge in [-0.25, -0.2) is 0 Å². The van der Waals surface area contributed by atoms with Gasteiger partial charge in [0.05, 0.1) is 12.2 Å². The SMILES string of the molecule is Cc1ccc(NC(=O)CN2c3ccccc3C(=O)C2(c2ccccc2)c2c(-c3ccccc3)n(CC(=O)Nc3ccc(C)cc3)c3ccccc23)cc1. The van der Waals surface area contributed by atoms with Crippen molar-refractivity contribution in [3.63, 3.8) is 0 Å². The molecule has 1 aromatic heterocycles. The summed E-state index contributed by atoms with van der Waals surface area (Å²) in [6.07, 6.45) is 0. The quantitative estimate of drug-likeness (QED) is 0.158. The molecule has 2 N–H and O–H groups in total. The molecule has 0 aliphatic carbocycles. The second-order valence-electron chi connectivity index (χ2n) is 13.5. The van der Waals surface area contributed by atoms with Crippen molar-refractivity contribution >= 4 is 45.6 Å². The van der Waals surface area contributed by atoms with Crippen molar-refractivity contribution in [3.05, 3.63) is 186 Å². The van der Waals surface area contributed by atoms with Crippen LogP contribution in [0.3, 0.4) is 0 Å². The monoisotopic (exact) mass is 694 g/mol. The van der Waals surface area contributed by atoms with Crippen molar-refractivity contribution in [2.45, 2.75) is 25.9 Å². The fourth-order valence-electron chi connectivity index (χ4n) is 7.65. The van der Waals surface area contributed by atoms with Crippen molar-refractivity contribution in [2.24, 2.45) is 0 Å². The topological polar surface area (TPSA) is 83.4 Å². The number of fused-ring (bicyclic) bond motifs is 2. The van der Waals surface area contributed by atoms with E-state index in [1.165, 1.54) is 0 Å². The van der Waals surface area contributed by atoms with Gasteiger partial charge in [0.25, 0.3) is 0 Å². The number of amides is 2. The fourth-order valence-corrected chi connectivity index (χ4v) is 7.65. The molecule has 0 radical (unpaired) electrons. The number of hydrogen-bond acceptors (Lipinski definition) is 4. The van der Waals surface area contributed by atoms with Gasteiger partial charge >= 0.3 is 0 Å². The van der Waals surface area contributed by atoms with E-state index in [1.807, 2.05) is 181 Å². The predicted molar refractivity (Wildman–Crippen MR) is 212 cm³/mol. The number of Topliss-reactive ketones (excluding diaryl/α,β-unsaturated/α-hetero) is 1. The summed E-state index contributed by atoms with van der Waals surface area (Å²) in [5.74, 6) is -0.616. The number of aryl methyl sites for hydroxylation is 2. The van der Waals surface area contributed by atoms with Crippen LogP contribution in [0.25, 0.3) is 22.2 Å². The highest BCUT2D eigenvalue weighted by atomic mass is 16.2. The number of nitrogens with one attached hydrogen (secondary N) is 2. The molecule has 1 atom stereocenters. The van der Waals surface area contributed by atoms with Crippen LogP contribution in [0.15, 0.2) is 158 Å². The van der Waals surface area contributed by atoms with E-state index < -0.39 is 5.54 Å². The molecule has 6 aromatic carbocycles. The Bertz CT molecular complexity index is 2470. The summed E-state index contributed by atoms with van der Waals surface area (Å²) in [6.45, 7) is 3.87. The predicted octanol–water partition coefficient (Wildman–Crippen LogP) is 9.15. The number of benzene rings is 6. The van der Waals surface area contributed by atoms with Gasteiger partial charge in [-0.2, -0.15) is 0 Å². The zero-order valence-corrected chi connectivity index (χ0v) is 29.5. The molecule has 8 rings (SSSR count). The molecule has 2 heterocycles. The van der Waals surface area contributed by atoms with Gasteiger partial charge in [-0.3, -0.25) is 14.4 Å². The summed E-state index contributed by atoms with van der Waals surface area (Å²) in [4.78, 5) is 45.6. The molecule has 7 heteroatoms. The first-order valence-electron chi connectivity index (χ1n) is 17.7. The smallest absolute Gasteiger partial charge is 0.244 e. The molecule has 7 nitrogen and oxygen atoms in total. The van der Waals surface area contributed by atoms with E-state index in [9.17, 15) is 9.59 Å². The van der Waals surface area contributed by atoms with Crippen molar-refractivity contribution in [2.75, 3.05) is 22.1 Å². The molecule has 0 saturated carbocycles. The number of carbonyl (C=O) groups excluding carboxylic acids is 3. The van der Waals surface area contributed by atoms with Crippen molar-refractivity contribution < 1.29 is 14.4 Å². The van der Waals surface area contributed by atoms with Gasteiger partial charge in [0.2, 0.25) is 11.8 Å². The van der Waals surface area contributed by atoms with Crippen molar-refractivity contribution in [1.29, 1.82) is 0 Å². The molecule has 0 fully saturated rings. The minimum Gasteiger partial charge on any atom is -0.341 e. The molecule has 1 aliphatic heterocycles. The van der Waals surface area contributed by atoms with Crippen molar-refractivity contribution in [1.82, 2.24) is 4.57 Å². The number of anilines is 3. The van der Waals surface area contributed by atoms with E-state index in [2.05, 4.69) is 10.6 Å². The molecule has 1 aliphatic rings. The van der Waals surface area contributed by atoms with Crippen LogP contribution in [-0.2, 0) is 21.7 Å². The van der Waals surface area contributed by atoms with E-state index >= 15 is 4.79 Å². The fraction of sp³-hybridized carbons (Fsp3) is 0.109. The van der Waals surface area contributed by atoms with Crippen LogP contribution in [0.2, 0.25) is 0 Å². The van der Waals surface area contributed by atoms with E-state index in [-0.39, 0.29) is 30.7 Å². The summed E-state index contributed by atoms with van der Waals surface area (Å²) in [7, 11) is 0. The summed E-state index contributed by atoms with van der Waals surface area (Å²) < 4.78 is 2.01. The molecule has 260 valence electrons. The second kappa shape index (κ2) is 13.8. The molecule has 53 heavy (non-hydrogen) atoms. The molecular weight excluding hydrogens is 657 g/mol. The normalized spacial score (nSPS) is 15.0. The molecule has 0 saturated heterocycles. The highest BCUT2D eigenvalue weighted by Gasteiger charge is 2.56. The first-order valence-corrected chi connectivity index (χ1v) is 17.7. The number of nitrogens with zero attached hydrogens (tertiary/aromatic N) is 2. The summed E-state index contributed by atoms with van der Waals surface area (Å²) in [5, 5.41) is 6.96. The lowest BCUT2D eigenvalue weighted by molar-refractivity contribution is -0.117. The third-order valence-corrected chi connectivity index (χ3v) is 10.0. The molecule has 1 unspecified atom stereocenters. The van der Waals surface area contributed by atoms with E-state index in [4.69, 9.17) is 0 Å². The van der Waals surface area contributed by atoms with Crippen LogP contribution >= 0.6 is 0 Å². The van der Waals surface area contributed by atoms with Crippen LogP contribution in [-0.4, -0.2) is 28.7 Å². The molecule has 2 amide bonds. The van der Waals surface area contributed by atoms with Gasteiger partial charge in [-0.1, -0.05) is 126 Å². The first kappa shape index (κ1) is 33.4.